The van der Waals surface area contributed by atoms with Gasteiger partial charge in [0.1, 0.15) is 5.60 Å². The Balaban J connectivity index is 2.32. The van der Waals surface area contributed by atoms with Crippen molar-refractivity contribution in [3.63, 3.8) is 0 Å². The molecule has 2 atom stereocenters. The lowest BCUT2D eigenvalue weighted by Gasteiger charge is -2.33. The zero-order valence-corrected chi connectivity index (χ0v) is 14.3. The summed E-state index contributed by atoms with van der Waals surface area (Å²) in [6.45, 7) is 6.26. The molecule has 0 aromatic carbocycles. The van der Waals surface area contributed by atoms with Gasteiger partial charge in [-0.3, -0.25) is 0 Å². The van der Waals surface area contributed by atoms with Gasteiger partial charge in [0.2, 0.25) is 0 Å². The van der Waals surface area contributed by atoms with Gasteiger partial charge in [-0.25, -0.2) is 4.79 Å². The Labute approximate surface area is 136 Å². The van der Waals surface area contributed by atoms with Crippen molar-refractivity contribution >= 4 is 6.09 Å². The average Bonchev–Trinajstić information content (AvgIpc) is 2.39. The first kappa shape index (κ1) is 20.1. The van der Waals surface area contributed by atoms with E-state index >= 15 is 0 Å². The highest BCUT2D eigenvalue weighted by Gasteiger charge is 2.28. The highest BCUT2D eigenvalue weighted by atomic mass is 19.4. The summed E-state index contributed by atoms with van der Waals surface area (Å²) in [6, 6.07) is 0.159. The molecule has 0 spiro atoms. The van der Waals surface area contributed by atoms with Crippen LogP contribution in [-0.4, -0.2) is 37.0 Å². The number of hydrogen-bond acceptors (Lipinski definition) is 3. The summed E-state index contributed by atoms with van der Waals surface area (Å²) in [7, 11) is 0. The molecule has 4 nitrogen and oxygen atoms in total. The lowest BCUT2D eigenvalue weighted by Crippen LogP contribution is -2.45. The number of nitrogens with one attached hydrogen (secondary N) is 2. The van der Waals surface area contributed by atoms with E-state index in [4.69, 9.17) is 4.74 Å². The maximum absolute atomic E-state index is 12.2. The van der Waals surface area contributed by atoms with E-state index in [-0.39, 0.29) is 18.4 Å². The molecule has 0 heterocycles. The van der Waals surface area contributed by atoms with Gasteiger partial charge >= 0.3 is 12.3 Å². The van der Waals surface area contributed by atoms with Crippen LogP contribution in [-0.2, 0) is 4.74 Å². The van der Waals surface area contributed by atoms with Crippen LogP contribution in [0.15, 0.2) is 0 Å². The molecule has 0 aliphatic heterocycles. The van der Waals surface area contributed by atoms with Crippen molar-refractivity contribution in [1.82, 2.24) is 10.6 Å². The molecular formula is C16H29F3N2O2. The molecule has 1 aliphatic carbocycles. The SMILES string of the molecule is CC(C)(C)OC(=O)NCC1CCCCC1NCCCC(F)(F)F. The van der Waals surface area contributed by atoms with Crippen LogP contribution in [0.5, 0.6) is 0 Å². The smallest absolute Gasteiger partial charge is 0.407 e. The number of rotatable bonds is 6. The number of alkyl halides is 3. The molecule has 1 amide bonds. The molecule has 0 aromatic heterocycles. The second-order valence-corrected chi connectivity index (χ2v) is 7.21. The topological polar surface area (TPSA) is 50.4 Å². The quantitative estimate of drug-likeness (QED) is 0.720. The number of amides is 1. The van der Waals surface area contributed by atoms with Crippen LogP contribution in [0.4, 0.5) is 18.0 Å². The minimum Gasteiger partial charge on any atom is -0.444 e. The third-order valence-corrected chi connectivity index (χ3v) is 3.86. The van der Waals surface area contributed by atoms with Crippen molar-refractivity contribution in [1.29, 1.82) is 0 Å². The fourth-order valence-corrected chi connectivity index (χ4v) is 2.83. The molecule has 136 valence electrons. The first-order valence-electron chi connectivity index (χ1n) is 8.34. The third kappa shape index (κ3) is 9.69. The highest BCUT2D eigenvalue weighted by Crippen LogP contribution is 2.25. The largest absolute Gasteiger partial charge is 0.444 e. The van der Waals surface area contributed by atoms with Crippen LogP contribution in [0.1, 0.15) is 59.3 Å². The molecule has 0 radical (unpaired) electrons. The van der Waals surface area contributed by atoms with Crippen LogP contribution < -0.4 is 10.6 Å². The maximum atomic E-state index is 12.2. The van der Waals surface area contributed by atoms with Crippen molar-refractivity contribution in [2.24, 2.45) is 5.92 Å². The summed E-state index contributed by atoms with van der Waals surface area (Å²) in [5, 5.41) is 6.00. The molecule has 1 fully saturated rings. The number of hydrogen-bond donors (Lipinski definition) is 2. The van der Waals surface area contributed by atoms with Crippen LogP contribution in [0, 0.1) is 5.92 Å². The number of carbonyl (C=O) groups excluding carboxylic acids is 1. The van der Waals surface area contributed by atoms with Crippen LogP contribution in [0.3, 0.4) is 0 Å². The number of alkyl carbamates (subject to hydrolysis) is 1. The van der Waals surface area contributed by atoms with Crippen molar-refractivity contribution < 1.29 is 22.7 Å². The van der Waals surface area contributed by atoms with Gasteiger partial charge in [-0.05, 0) is 52.5 Å². The Morgan fingerprint density at radius 1 is 1.17 bits per heavy atom. The normalized spacial score (nSPS) is 22.7. The standard InChI is InChI=1S/C16H29F3N2O2/c1-15(2,3)23-14(22)21-11-12-7-4-5-8-13(12)20-10-6-9-16(17,18)19/h12-13,20H,4-11H2,1-3H3,(H,21,22). The fourth-order valence-electron chi connectivity index (χ4n) is 2.83. The van der Waals surface area contributed by atoms with E-state index in [1.54, 1.807) is 20.8 Å². The van der Waals surface area contributed by atoms with Gasteiger partial charge < -0.3 is 15.4 Å². The minimum atomic E-state index is -4.09. The lowest BCUT2D eigenvalue weighted by molar-refractivity contribution is -0.135. The Morgan fingerprint density at radius 3 is 2.43 bits per heavy atom. The number of carbonyl (C=O) groups is 1. The molecule has 2 N–H and O–H groups in total. The van der Waals surface area contributed by atoms with Gasteiger partial charge in [0.25, 0.3) is 0 Å². The Hall–Kier alpha value is -0.980. The van der Waals surface area contributed by atoms with Gasteiger partial charge in [0.15, 0.2) is 0 Å². The fraction of sp³-hybridized carbons (Fsp3) is 0.938. The summed E-state index contributed by atoms with van der Waals surface area (Å²) in [5.41, 5.74) is -0.536. The van der Waals surface area contributed by atoms with Crippen LogP contribution >= 0.6 is 0 Å². The summed E-state index contributed by atoms with van der Waals surface area (Å²) in [5.74, 6) is 0.238. The van der Waals surface area contributed by atoms with E-state index in [9.17, 15) is 18.0 Å². The van der Waals surface area contributed by atoms with Gasteiger partial charge in [-0.2, -0.15) is 13.2 Å². The maximum Gasteiger partial charge on any atom is 0.407 e. The molecule has 1 rings (SSSR count). The summed E-state index contributed by atoms with van der Waals surface area (Å²) in [6.07, 6.45) is -1.15. The van der Waals surface area contributed by atoms with Gasteiger partial charge in [-0.1, -0.05) is 12.8 Å². The second-order valence-electron chi connectivity index (χ2n) is 7.21. The molecule has 1 saturated carbocycles. The summed E-state index contributed by atoms with van der Waals surface area (Å²) in [4.78, 5) is 11.7. The lowest BCUT2D eigenvalue weighted by atomic mass is 9.84. The van der Waals surface area contributed by atoms with E-state index in [1.165, 1.54) is 0 Å². The molecular weight excluding hydrogens is 309 g/mol. The molecule has 0 aromatic rings. The zero-order chi connectivity index (χ0) is 17.5. The molecule has 0 saturated heterocycles. The van der Waals surface area contributed by atoms with Crippen molar-refractivity contribution in [3.05, 3.63) is 0 Å². The molecule has 23 heavy (non-hydrogen) atoms. The summed E-state index contributed by atoms with van der Waals surface area (Å²) < 4.78 is 41.7. The molecule has 2 unspecified atom stereocenters. The minimum absolute atomic E-state index is 0.0895. The van der Waals surface area contributed by atoms with Gasteiger partial charge in [0, 0.05) is 19.0 Å². The van der Waals surface area contributed by atoms with Crippen molar-refractivity contribution in [3.8, 4) is 0 Å². The average molecular weight is 338 g/mol. The third-order valence-electron chi connectivity index (χ3n) is 3.86. The Kier molecular flexibility index (Phi) is 7.64. The predicted octanol–water partition coefficient (Wildman–Crippen LogP) is 4.00. The summed E-state index contributed by atoms with van der Waals surface area (Å²) >= 11 is 0. The monoisotopic (exact) mass is 338 g/mol. The van der Waals surface area contributed by atoms with Crippen LogP contribution in [0.25, 0.3) is 0 Å². The first-order valence-corrected chi connectivity index (χ1v) is 8.34. The van der Waals surface area contributed by atoms with Crippen molar-refractivity contribution in [2.45, 2.75) is 77.1 Å². The first-order chi connectivity index (χ1) is 10.6. The number of halogens is 3. The van der Waals surface area contributed by atoms with E-state index < -0.39 is 24.3 Å². The molecule has 0 bridgehead atoms. The Bertz CT molecular complexity index is 367. The van der Waals surface area contributed by atoms with Gasteiger partial charge in [0.05, 0.1) is 0 Å². The van der Waals surface area contributed by atoms with Gasteiger partial charge in [-0.15, -0.1) is 0 Å². The Morgan fingerprint density at radius 2 is 1.83 bits per heavy atom. The van der Waals surface area contributed by atoms with E-state index in [1.807, 2.05) is 0 Å². The predicted molar refractivity (Wildman–Crippen MR) is 83.3 cm³/mol. The molecule has 1 aliphatic rings. The highest BCUT2D eigenvalue weighted by molar-refractivity contribution is 5.67. The van der Waals surface area contributed by atoms with E-state index in [2.05, 4.69) is 10.6 Å². The zero-order valence-electron chi connectivity index (χ0n) is 14.3. The molecule has 7 heteroatoms. The van der Waals surface area contributed by atoms with Crippen LogP contribution in [0.2, 0.25) is 0 Å². The number of ether oxygens (including phenoxy) is 1. The van der Waals surface area contributed by atoms with E-state index in [0.29, 0.717) is 13.1 Å². The van der Waals surface area contributed by atoms with Crippen molar-refractivity contribution in [2.75, 3.05) is 13.1 Å². The second kappa shape index (κ2) is 8.76. The van der Waals surface area contributed by atoms with E-state index in [0.717, 1.165) is 25.7 Å².